The summed E-state index contributed by atoms with van der Waals surface area (Å²) in [4.78, 5) is 13.5. The van der Waals surface area contributed by atoms with E-state index in [9.17, 15) is 4.79 Å². The van der Waals surface area contributed by atoms with Crippen molar-refractivity contribution in [3.63, 3.8) is 0 Å². The van der Waals surface area contributed by atoms with Crippen molar-refractivity contribution < 1.29 is 9.53 Å². The summed E-state index contributed by atoms with van der Waals surface area (Å²) in [6.07, 6.45) is 0. The first-order chi connectivity index (χ1) is 7.06. The van der Waals surface area contributed by atoms with Crippen molar-refractivity contribution >= 4 is 5.91 Å². The van der Waals surface area contributed by atoms with Crippen molar-refractivity contribution in [3.8, 4) is 0 Å². The SMILES string of the molecule is CCOC[C@@H]1CN(C(=O)[C@H](C)N)C[C@@H]1C. The maximum Gasteiger partial charge on any atom is 0.239 e. The second-order valence-electron chi connectivity index (χ2n) is 4.43. The Balaban J connectivity index is 2.44. The minimum Gasteiger partial charge on any atom is -0.381 e. The number of hydrogen-bond donors (Lipinski definition) is 1. The van der Waals surface area contributed by atoms with Gasteiger partial charge in [0.05, 0.1) is 12.6 Å². The first kappa shape index (κ1) is 12.5. The lowest BCUT2D eigenvalue weighted by atomic mass is 9.99. The average molecular weight is 214 g/mol. The third kappa shape index (κ3) is 3.18. The van der Waals surface area contributed by atoms with E-state index >= 15 is 0 Å². The standard InChI is InChI=1S/C11H22N2O2/c1-4-15-7-10-6-13(5-8(10)2)11(14)9(3)12/h8-10H,4-7,12H2,1-3H3/t8-,9-,10-/m0/s1. The summed E-state index contributed by atoms with van der Waals surface area (Å²) >= 11 is 0. The van der Waals surface area contributed by atoms with Crippen molar-refractivity contribution in [1.29, 1.82) is 0 Å². The van der Waals surface area contributed by atoms with Gasteiger partial charge in [-0.2, -0.15) is 0 Å². The first-order valence-corrected chi connectivity index (χ1v) is 5.68. The number of hydrogen-bond acceptors (Lipinski definition) is 3. The normalized spacial score (nSPS) is 28.1. The zero-order chi connectivity index (χ0) is 11.4. The lowest BCUT2D eigenvalue weighted by Gasteiger charge is -2.18. The van der Waals surface area contributed by atoms with Gasteiger partial charge in [-0.1, -0.05) is 6.92 Å². The molecule has 3 atom stereocenters. The van der Waals surface area contributed by atoms with Crippen LogP contribution in [0.15, 0.2) is 0 Å². The van der Waals surface area contributed by atoms with Crippen LogP contribution in [0.1, 0.15) is 20.8 Å². The summed E-state index contributed by atoms with van der Waals surface area (Å²) in [6.45, 7) is 9.00. The smallest absolute Gasteiger partial charge is 0.239 e. The number of amides is 1. The van der Waals surface area contributed by atoms with Crippen LogP contribution < -0.4 is 5.73 Å². The van der Waals surface area contributed by atoms with Crippen LogP contribution >= 0.6 is 0 Å². The number of nitrogens with two attached hydrogens (primary N) is 1. The summed E-state index contributed by atoms with van der Waals surface area (Å²) in [6, 6.07) is -0.386. The van der Waals surface area contributed by atoms with Crippen LogP contribution in [-0.4, -0.2) is 43.2 Å². The molecule has 0 bridgehead atoms. The Bertz CT molecular complexity index is 219. The van der Waals surface area contributed by atoms with E-state index in [4.69, 9.17) is 10.5 Å². The number of ether oxygens (including phenoxy) is 1. The van der Waals surface area contributed by atoms with Crippen LogP contribution in [0.4, 0.5) is 0 Å². The molecular weight excluding hydrogens is 192 g/mol. The fourth-order valence-electron chi connectivity index (χ4n) is 1.99. The Morgan fingerprint density at radius 2 is 2.27 bits per heavy atom. The molecule has 1 heterocycles. The molecule has 0 aromatic heterocycles. The van der Waals surface area contributed by atoms with Crippen LogP contribution in [0, 0.1) is 11.8 Å². The number of carbonyl (C=O) groups excluding carboxylic acids is 1. The number of rotatable bonds is 4. The van der Waals surface area contributed by atoms with Gasteiger partial charge in [-0.25, -0.2) is 0 Å². The highest BCUT2D eigenvalue weighted by Crippen LogP contribution is 2.23. The van der Waals surface area contributed by atoms with Gasteiger partial charge < -0.3 is 15.4 Å². The summed E-state index contributed by atoms with van der Waals surface area (Å²) in [7, 11) is 0. The maximum absolute atomic E-state index is 11.7. The Morgan fingerprint density at radius 1 is 1.60 bits per heavy atom. The van der Waals surface area contributed by atoms with Crippen molar-refractivity contribution in [1.82, 2.24) is 4.90 Å². The second-order valence-corrected chi connectivity index (χ2v) is 4.43. The van der Waals surface area contributed by atoms with E-state index in [1.54, 1.807) is 6.92 Å². The van der Waals surface area contributed by atoms with Crippen molar-refractivity contribution in [2.75, 3.05) is 26.3 Å². The molecule has 2 N–H and O–H groups in total. The molecule has 0 saturated carbocycles. The molecule has 4 nitrogen and oxygen atoms in total. The number of carbonyl (C=O) groups is 1. The molecule has 1 aliphatic heterocycles. The monoisotopic (exact) mass is 214 g/mol. The van der Waals surface area contributed by atoms with Gasteiger partial charge in [-0.05, 0) is 19.8 Å². The van der Waals surface area contributed by atoms with Gasteiger partial charge in [0.2, 0.25) is 5.91 Å². The van der Waals surface area contributed by atoms with E-state index in [-0.39, 0.29) is 11.9 Å². The van der Waals surface area contributed by atoms with Gasteiger partial charge in [0, 0.05) is 25.6 Å². The van der Waals surface area contributed by atoms with E-state index in [1.807, 2.05) is 11.8 Å². The highest BCUT2D eigenvalue weighted by atomic mass is 16.5. The fourth-order valence-corrected chi connectivity index (χ4v) is 1.99. The van der Waals surface area contributed by atoms with Crippen LogP contribution in [0.25, 0.3) is 0 Å². The van der Waals surface area contributed by atoms with Gasteiger partial charge in [0.15, 0.2) is 0 Å². The molecule has 0 spiro atoms. The Kier molecular flexibility index (Phi) is 4.54. The molecule has 0 aromatic carbocycles. The first-order valence-electron chi connectivity index (χ1n) is 5.68. The highest BCUT2D eigenvalue weighted by Gasteiger charge is 2.33. The second kappa shape index (κ2) is 5.47. The third-order valence-electron chi connectivity index (χ3n) is 3.01. The Morgan fingerprint density at radius 3 is 2.80 bits per heavy atom. The van der Waals surface area contributed by atoms with Gasteiger partial charge in [-0.3, -0.25) is 4.79 Å². The lowest BCUT2D eigenvalue weighted by Crippen LogP contribution is -2.41. The minimum absolute atomic E-state index is 0.0563. The molecular formula is C11H22N2O2. The van der Waals surface area contributed by atoms with Crippen LogP contribution in [0.3, 0.4) is 0 Å². The number of nitrogens with zero attached hydrogens (tertiary/aromatic N) is 1. The predicted octanol–water partition coefficient (Wildman–Crippen LogP) is 0.465. The quantitative estimate of drug-likeness (QED) is 0.740. The molecule has 0 unspecified atom stereocenters. The summed E-state index contributed by atoms with van der Waals surface area (Å²) in [5.74, 6) is 1.03. The molecule has 0 aliphatic carbocycles. The van der Waals surface area contributed by atoms with Gasteiger partial charge in [0.25, 0.3) is 0 Å². The number of likely N-dealkylation sites (tertiary alicyclic amines) is 1. The zero-order valence-corrected chi connectivity index (χ0v) is 9.90. The molecule has 1 aliphatic rings. The lowest BCUT2D eigenvalue weighted by molar-refractivity contribution is -0.131. The van der Waals surface area contributed by atoms with E-state index in [1.165, 1.54) is 0 Å². The minimum atomic E-state index is -0.386. The average Bonchev–Trinajstić information content (AvgIpc) is 2.55. The van der Waals surface area contributed by atoms with E-state index in [2.05, 4.69) is 6.92 Å². The summed E-state index contributed by atoms with van der Waals surface area (Å²) in [5.41, 5.74) is 5.58. The molecule has 15 heavy (non-hydrogen) atoms. The van der Waals surface area contributed by atoms with Gasteiger partial charge >= 0.3 is 0 Å². The van der Waals surface area contributed by atoms with Crippen LogP contribution in [-0.2, 0) is 9.53 Å². The highest BCUT2D eigenvalue weighted by molar-refractivity contribution is 5.81. The summed E-state index contributed by atoms with van der Waals surface area (Å²) in [5, 5.41) is 0. The fraction of sp³-hybridized carbons (Fsp3) is 0.909. The van der Waals surface area contributed by atoms with Gasteiger partial charge in [-0.15, -0.1) is 0 Å². The molecule has 0 aromatic rings. The molecule has 88 valence electrons. The predicted molar refractivity (Wildman–Crippen MR) is 59.4 cm³/mol. The van der Waals surface area contributed by atoms with Crippen LogP contribution in [0.2, 0.25) is 0 Å². The summed E-state index contributed by atoms with van der Waals surface area (Å²) < 4.78 is 5.41. The van der Waals surface area contributed by atoms with Gasteiger partial charge in [0.1, 0.15) is 0 Å². The van der Waals surface area contributed by atoms with E-state index in [0.29, 0.717) is 11.8 Å². The third-order valence-corrected chi connectivity index (χ3v) is 3.01. The van der Waals surface area contributed by atoms with E-state index in [0.717, 1.165) is 26.3 Å². The molecule has 1 fully saturated rings. The zero-order valence-electron chi connectivity index (χ0n) is 9.90. The largest absolute Gasteiger partial charge is 0.381 e. The van der Waals surface area contributed by atoms with Crippen molar-refractivity contribution in [2.45, 2.75) is 26.8 Å². The molecule has 1 saturated heterocycles. The Hall–Kier alpha value is -0.610. The van der Waals surface area contributed by atoms with E-state index < -0.39 is 0 Å². The molecule has 1 amide bonds. The molecule has 1 rings (SSSR count). The molecule has 4 heteroatoms. The Labute approximate surface area is 91.8 Å². The van der Waals surface area contributed by atoms with Crippen molar-refractivity contribution in [2.24, 2.45) is 17.6 Å². The maximum atomic E-state index is 11.7. The van der Waals surface area contributed by atoms with Crippen molar-refractivity contribution in [3.05, 3.63) is 0 Å². The molecule has 0 radical (unpaired) electrons. The van der Waals surface area contributed by atoms with Crippen LogP contribution in [0.5, 0.6) is 0 Å². The topological polar surface area (TPSA) is 55.6 Å².